The van der Waals surface area contributed by atoms with Crippen LogP contribution in [0.5, 0.6) is 0 Å². The molecule has 0 atom stereocenters. The van der Waals surface area contributed by atoms with Gasteiger partial charge >= 0.3 is 5.97 Å². The SMILES string of the molecule is CC=CC(=O)OCCN(C)CCCCCCCCCCCC. The molecule has 3 heteroatoms. The number of carbonyl (C=O) groups excluding carboxylic acids is 1. The Bertz CT molecular complexity index is 277. The Balaban J connectivity index is 3.24. The highest BCUT2D eigenvalue weighted by Crippen LogP contribution is 2.10. The van der Waals surface area contributed by atoms with E-state index >= 15 is 0 Å². The minimum Gasteiger partial charge on any atom is -0.461 e. The molecule has 3 nitrogen and oxygen atoms in total. The summed E-state index contributed by atoms with van der Waals surface area (Å²) in [6.45, 7) is 6.48. The average molecular weight is 312 g/mol. The molecule has 0 aromatic rings. The quantitative estimate of drug-likeness (QED) is 0.243. The number of rotatable bonds is 15. The lowest BCUT2D eigenvalue weighted by atomic mass is 10.1. The van der Waals surface area contributed by atoms with Crippen molar-refractivity contribution in [3.8, 4) is 0 Å². The first-order valence-corrected chi connectivity index (χ1v) is 9.18. The Hall–Kier alpha value is -0.830. The van der Waals surface area contributed by atoms with Crippen molar-refractivity contribution in [2.45, 2.75) is 78.1 Å². The molecule has 0 unspecified atom stereocenters. The van der Waals surface area contributed by atoms with Crippen LogP contribution in [0.1, 0.15) is 78.1 Å². The molecule has 0 saturated heterocycles. The summed E-state index contributed by atoms with van der Waals surface area (Å²) in [4.78, 5) is 13.4. The molecule has 0 bridgehead atoms. The fourth-order valence-corrected chi connectivity index (χ4v) is 2.47. The van der Waals surface area contributed by atoms with Crippen molar-refractivity contribution in [3.05, 3.63) is 12.2 Å². The number of carbonyl (C=O) groups is 1. The molecule has 0 aliphatic rings. The predicted molar refractivity (Wildman–Crippen MR) is 95.1 cm³/mol. The molecule has 0 heterocycles. The van der Waals surface area contributed by atoms with E-state index in [2.05, 4.69) is 18.9 Å². The number of likely N-dealkylation sites (N-methyl/N-ethyl adjacent to an activating group) is 1. The van der Waals surface area contributed by atoms with Gasteiger partial charge in [-0.1, -0.05) is 70.8 Å². The van der Waals surface area contributed by atoms with Gasteiger partial charge in [-0.2, -0.15) is 0 Å². The summed E-state index contributed by atoms with van der Waals surface area (Å²) < 4.78 is 5.09. The Morgan fingerprint density at radius 2 is 1.45 bits per heavy atom. The molecule has 0 amide bonds. The van der Waals surface area contributed by atoms with Crippen molar-refractivity contribution in [1.29, 1.82) is 0 Å². The lowest BCUT2D eigenvalue weighted by Crippen LogP contribution is -2.25. The molecule has 0 N–H and O–H groups in total. The Kier molecular flexibility index (Phi) is 15.9. The van der Waals surface area contributed by atoms with E-state index in [0.717, 1.165) is 13.1 Å². The zero-order chi connectivity index (χ0) is 16.5. The van der Waals surface area contributed by atoms with Gasteiger partial charge in [0.2, 0.25) is 0 Å². The number of esters is 1. The molecular formula is C19H37NO2. The van der Waals surface area contributed by atoms with E-state index in [1.165, 1.54) is 70.3 Å². The smallest absolute Gasteiger partial charge is 0.330 e. The minimum absolute atomic E-state index is 0.241. The van der Waals surface area contributed by atoms with Crippen LogP contribution in [0.4, 0.5) is 0 Å². The molecule has 0 spiro atoms. The molecule has 0 saturated carbocycles. The maximum Gasteiger partial charge on any atom is 0.330 e. The lowest BCUT2D eigenvalue weighted by Gasteiger charge is -2.16. The fraction of sp³-hybridized carbons (Fsp3) is 0.842. The minimum atomic E-state index is -0.241. The van der Waals surface area contributed by atoms with Crippen molar-refractivity contribution < 1.29 is 9.53 Å². The van der Waals surface area contributed by atoms with Crippen molar-refractivity contribution in [3.63, 3.8) is 0 Å². The highest BCUT2D eigenvalue weighted by atomic mass is 16.5. The normalized spacial score (nSPS) is 11.5. The number of nitrogens with zero attached hydrogens (tertiary/aromatic N) is 1. The van der Waals surface area contributed by atoms with Crippen molar-refractivity contribution in [2.75, 3.05) is 26.7 Å². The van der Waals surface area contributed by atoms with Crippen LogP contribution in [-0.2, 0) is 9.53 Å². The molecule has 0 aliphatic heterocycles. The summed E-state index contributed by atoms with van der Waals surface area (Å²) in [6, 6.07) is 0. The lowest BCUT2D eigenvalue weighted by molar-refractivity contribution is -0.138. The van der Waals surface area contributed by atoms with Gasteiger partial charge in [-0.25, -0.2) is 4.79 Å². The third kappa shape index (κ3) is 15.6. The molecule has 130 valence electrons. The number of hydrogen-bond acceptors (Lipinski definition) is 3. The van der Waals surface area contributed by atoms with Crippen LogP contribution in [-0.4, -0.2) is 37.6 Å². The maximum absolute atomic E-state index is 11.1. The number of unbranched alkanes of at least 4 members (excludes halogenated alkanes) is 9. The van der Waals surface area contributed by atoms with Gasteiger partial charge in [0.15, 0.2) is 0 Å². The van der Waals surface area contributed by atoms with Gasteiger partial charge in [0.05, 0.1) is 0 Å². The first kappa shape index (κ1) is 21.2. The third-order valence-corrected chi connectivity index (χ3v) is 3.91. The summed E-state index contributed by atoms with van der Waals surface area (Å²) in [5.74, 6) is -0.241. The standard InChI is InChI=1S/C19H37NO2/c1-4-6-7-8-9-10-11-12-13-14-16-20(3)17-18-22-19(21)15-5-2/h5,15H,4,6-14,16-18H2,1-3H3. The summed E-state index contributed by atoms with van der Waals surface area (Å²) in [5.41, 5.74) is 0. The van der Waals surface area contributed by atoms with Crippen LogP contribution in [0.3, 0.4) is 0 Å². The molecule has 0 rings (SSSR count). The molecule has 0 fully saturated rings. The average Bonchev–Trinajstić information content (AvgIpc) is 2.49. The maximum atomic E-state index is 11.1. The zero-order valence-electron chi connectivity index (χ0n) is 15.1. The molecule has 0 radical (unpaired) electrons. The summed E-state index contributed by atoms with van der Waals surface area (Å²) >= 11 is 0. The van der Waals surface area contributed by atoms with Gasteiger partial charge in [-0.15, -0.1) is 0 Å². The van der Waals surface area contributed by atoms with Crippen molar-refractivity contribution >= 4 is 5.97 Å². The molecule has 0 aliphatic carbocycles. The monoisotopic (exact) mass is 311 g/mol. The molecular weight excluding hydrogens is 274 g/mol. The van der Waals surface area contributed by atoms with Crippen LogP contribution in [0, 0.1) is 0 Å². The van der Waals surface area contributed by atoms with E-state index in [0.29, 0.717) is 6.61 Å². The second kappa shape index (κ2) is 16.5. The van der Waals surface area contributed by atoms with Crippen molar-refractivity contribution in [2.24, 2.45) is 0 Å². The number of ether oxygens (including phenoxy) is 1. The van der Waals surface area contributed by atoms with Gasteiger partial charge in [0.1, 0.15) is 6.61 Å². The van der Waals surface area contributed by atoms with E-state index in [1.807, 2.05) is 6.92 Å². The van der Waals surface area contributed by atoms with E-state index in [1.54, 1.807) is 6.08 Å². The second-order valence-corrected chi connectivity index (χ2v) is 6.15. The van der Waals surface area contributed by atoms with Crippen LogP contribution in [0.2, 0.25) is 0 Å². The van der Waals surface area contributed by atoms with E-state index in [-0.39, 0.29) is 5.97 Å². The van der Waals surface area contributed by atoms with Crippen LogP contribution < -0.4 is 0 Å². The fourth-order valence-electron chi connectivity index (χ4n) is 2.47. The summed E-state index contributed by atoms with van der Waals surface area (Å²) in [6.07, 6.45) is 16.9. The molecule has 22 heavy (non-hydrogen) atoms. The van der Waals surface area contributed by atoms with Gasteiger partial charge in [-0.05, 0) is 26.9 Å². The first-order chi connectivity index (χ1) is 10.7. The molecule has 0 aromatic carbocycles. The van der Waals surface area contributed by atoms with Gasteiger partial charge in [-0.3, -0.25) is 0 Å². The summed E-state index contributed by atoms with van der Waals surface area (Å²) in [5, 5.41) is 0. The third-order valence-electron chi connectivity index (χ3n) is 3.91. The first-order valence-electron chi connectivity index (χ1n) is 9.18. The van der Waals surface area contributed by atoms with E-state index in [4.69, 9.17) is 4.74 Å². The highest BCUT2D eigenvalue weighted by molar-refractivity contribution is 5.81. The van der Waals surface area contributed by atoms with Crippen LogP contribution in [0.25, 0.3) is 0 Å². The van der Waals surface area contributed by atoms with E-state index in [9.17, 15) is 4.79 Å². The topological polar surface area (TPSA) is 29.5 Å². The second-order valence-electron chi connectivity index (χ2n) is 6.15. The van der Waals surface area contributed by atoms with Gasteiger partial charge in [0, 0.05) is 12.6 Å². The number of hydrogen-bond donors (Lipinski definition) is 0. The predicted octanol–water partition coefficient (Wildman–Crippen LogP) is 4.96. The Morgan fingerprint density at radius 3 is 2.00 bits per heavy atom. The molecule has 0 aromatic heterocycles. The largest absolute Gasteiger partial charge is 0.461 e. The highest BCUT2D eigenvalue weighted by Gasteiger charge is 2.01. The van der Waals surface area contributed by atoms with Crippen LogP contribution in [0.15, 0.2) is 12.2 Å². The van der Waals surface area contributed by atoms with Crippen molar-refractivity contribution in [1.82, 2.24) is 4.90 Å². The van der Waals surface area contributed by atoms with Gasteiger partial charge in [0.25, 0.3) is 0 Å². The van der Waals surface area contributed by atoms with Crippen LogP contribution >= 0.6 is 0 Å². The van der Waals surface area contributed by atoms with E-state index < -0.39 is 0 Å². The Labute approximate surface area is 138 Å². The summed E-state index contributed by atoms with van der Waals surface area (Å²) in [7, 11) is 2.09. The number of allylic oxidation sites excluding steroid dienone is 1. The van der Waals surface area contributed by atoms with Gasteiger partial charge < -0.3 is 9.64 Å². The zero-order valence-corrected chi connectivity index (χ0v) is 15.1. The Morgan fingerprint density at radius 1 is 0.909 bits per heavy atom.